The second kappa shape index (κ2) is 3.07. The molecule has 1 saturated carbocycles. The Labute approximate surface area is 85.2 Å². The molecule has 1 atom stereocenters. The van der Waals surface area contributed by atoms with Crippen LogP contribution < -0.4 is 0 Å². The molecular weight excluding hydrogens is 176 g/mol. The maximum Gasteiger partial charge on any atom is 0.248 e. The Morgan fingerprint density at radius 1 is 1.50 bits per heavy atom. The molecule has 1 aliphatic carbocycles. The summed E-state index contributed by atoms with van der Waals surface area (Å²) in [5, 5.41) is 6.09. The van der Waals surface area contributed by atoms with Gasteiger partial charge in [0, 0.05) is 5.71 Å². The minimum Gasteiger partial charge on any atom is -0.273 e. The van der Waals surface area contributed by atoms with E-state index in [2.05, 4.69) is 18.9 Å². The number of hydrazone groups is 1. The van der Waals surface area contributed by atoms with Gasteiger partial charge < -0.3 is 0 Å². The Kier molecular flexibility index (Phi) is 2.13. The Bertz CT molecular complexity index is 294. The van der Waals surface area contributed by atoms with Gasteiger partial charge in [0.15, 0.2) is 0 Å². The van der Waals surface area contributed by atoms with Crippen molar-refractivity contribution in [2.75, 3.05) is 0 Å². The van der Waals surface area contributed by atoms with Gasteiger partial charge in [-0.1, -0.05) is 20.3 Å². The molecule has 0 bridgehead atoms. The summed E-state index contributed by atoms with van der Waals surface area (Å²) in [6.07, 6.45) is 4.05. The molecule has 78 valence electrons. The van der Waals surface area contributed by atoms with E-state index in [1.807, 2.05) is 6.92 Å². The van der Waals surface area contributed by atoms with Crippen molar-refractivity contribution in [2.45, 2.75) is 52.5 Å². The second-order valence-corrected chi connectivity index (χ2v) is 5.15. The van der Waals surface area contributed by atoms with Crippen LogP contribution in [-0.2, 0) is 4.79 Å². The number of carbonyl (C=O) groups is 1. The normalized spacial score (nSPS) is 31.1. The maximum atomic E-state index is 11.7. The Hall–Kier alpha value is -0.860. The number of carbonyl (C=O) groups excluding carboxylic acids is 1. The molecule has 14 heavy (non-hydrogen) atoms. The lowest BCUT2D eigenvalue weighted by atomic mass is 9.87. The summed E-state index contributed by atoms with van der Waals surface area (Å²) in [6.45, 7) is 6.40. The van der Waals surface area contributed by atoms with Crippen LogP contribution in [0.2, 0.25) is 0 Å². The van der Waals surface area contributed by atoms with Gasteiger partial charge in [-0.3, -0.25) is 4.79 Å². The fourth-order valence-corrected chi connectivity index (χ4v) is 2.58. The third-order valence-corrected chi connectivity index (χ3v) is 3.44. The van der Waals surface area contributed by atoms with E-state index in [0.29, 0.717) is 12.5 Å². The first-order valence-corrected chi connectivity index (χ1v) is 5.37. The Morgan fingerprint density at radius 2 is 2.21 bits per heavy atom. The summed E-state index contributed by atoms with van der Waals surface area (Å²) in [6, 6.07) is 0.326. The summed E-state index contributed by atoms with van der Waals surface area (Å²) in [7, 11) is 0. The zero-order valence-corrected chi connectivity index (χ0v) is 9.21. The minimum absolute atomic E-state index is 0.183. The molecule has 0 aromatic rings. The molecule has 0 N–H and O–H groups in total. The molecule has 1 aliphatic heterocycles. The largest absolute Gasteiger partial charge is 0.273 e. The SMILES string of the molecule is CC1=NN(C2CCCC2(C)C)C(=O)C1. The lowest BCUT2D eigenvalue weighted by Gasteiger charge is -2.32. The van der Waals surface area contributed by atoms with Crippen molar-refractivity contribution in [2.24, 2.45) is 10.5 Å². The van der Waals surface area contributed by atoms with E-state index in [-0.39, 0.29) is 11.3 Å². The Balaban J connectivity index is 2.19. The predicted molar refractivity (Wildman–Crippen MR) is 56.0 cm³/mol. The molecular formula is C11H18N2O. The number of rotatable bonds is 1. The zero-order chi connectivity index (χ0) is 10.3. The first-order chi connectivity index (χ1) is 6.50. The summed E-state index contributed by atoms with van der Waals surface area (Å²) in [5.41, 5.74) is 1.20. The highest BCUT2D eigenvalue weighted by molar-refractivity contribution is 6.03. The van der Waals surface area contributed by atoms with Gasteiger partial charge in [0.05, 0.1) is 12.5 Å². The monoisotopic (exact) mass is 194 g/mol. The fourth-order valence-electron chi connectivity index (χ4n) is 2.58. The summed E-state index contributed by atoms with van der Waals surface area (Å²) in [5.74, 6) is 0.183. The van der Waals surface area contributed by atoms with Crippen LogP contribution in [0, 0.1) is 5.41 Å². The van der Waals surface area contributed by atoms with E-state index in [1.54, 1.807) is 5.01 Å². The first-order valence-electron chi connectivity index (χ1n) is 5.37. The van der Waals surface area contributed by atoms with Crippen LogP contribution in [0.3, 0.4) is 0 Å². The van der Waals surface area contributed by atoms with Crippen LogP contribution in [0.25, 0.3) is 0 Å². The summed E-state index contributed by atoms with van der Waals surface area (Å²) in [4.78, 5) is 11.7. The molecule has 0 aromatic carbocycles. The van der Waals surface area contributed by atoms with E-state index >= 15 is 0 Å². The zero-order valence-electron chi connectivity index (χ0n) is 9.21. The topological polar surface area (TPSA) is 32.7 Å². The van der Waals surface area contributed by atoms with Crippen molar-refractivity contribution in [3.63, 3.8) is 0 Å². The third kappa shape index (κ3) is 1.45. The van der Waals surface area contributed by atoms with Gasteiger partial charge in [0.1, 0.15) is 0 Å². The van der Waals surface area contributed by atoms with Gasteiger partial charge in [0.2, 0.25) is 5.91 Å². The lowest BCUT2D eigenvalue weighted by Crippen LogP contribution is -2.40. The number of nitrogens with zero attached hydrogens (tertiary/aromatic N) is 2. The van der Waals surface area contributed by atoms with Gasteiger partial charge in [-0.15, -0.1) is 0 Å². The first kappa shape index (κ1) is 9.69. The quantitative estimate of drug-likeness (QED) is 0.629. The van der Waals surface area contributed by atoms with Gasteiger partial charge >= 0.3 is 0 Å². The molecule has 0 aromatic heterocycles. The van der Waals surface area contributed by atoms with E-state index in [1.165, 1.54) is 12.8 Å². The lowest BCUT2D eigenvalue weighted by molar-refractivity contribution is -0.132. The number of hydrogen-bond acceptors (Lipinski definition) is 2. The van der Waals surface area contributed by atoms with Crippen molar-refractivity contribution < 1.29 is 4.79 Å². The van der Waals surface area contributed by atoms with Gasteiger partial charge in [0.25, 0.3) is 0 Å². The van der Waals surface area contributed by atoms with Gasteiger partial charge in [-0.25, -0.2) is 5.01 Å². The molecule has 0 radical (unpaired) electrons. The van der Waals surface area contributed by atoms with Crippen molar-refractivity contribution in [3.05, 3.63) is 0 Å². The molecule has 3 heteroatoms. The number of hydrogen-bond donors (Lipinski definition) is 0. The maximum absolute atomic E-state index is 11.7. The van der Waals surface area contributed by atoms with Crippen LogP contribution in [0.5, 0.6) is 0 Å². The van der Waals surface area contributed by atoms with E-state index in [4.69, 9.17) is 0 Å². The van der Waals surface area contributed by atoms with Crippen molar-refractivity contribution in [1.82, 2.24) is 5.01 Å². The average Bonchev–Trinajstić information content (AvgIpc) is 2.54. The molecule has 2 rings (SSSR count). The molecule has 0 spiro atoms. The molecule has 1 heterocycles. The van der Waals surface area contributed by atoms with Crippen LogP contribution in [0.15, 0.2) is 5.10 Å². The van der Waals surface area contributed by atoms with Crippen LogP contribution in [0.1, 0.15) is 46.5 Å². The van der Waals surface area contributed by atoms with E-state index in [0.717, 1.165) is 12.1 Å². The molecule has 1 amide bonds. The van der Waals surface area contributed by atoms with Gasteiger partial charge in [-0.2, -0.15) is 5.10 Å². The van der Waals surface area contributed by atoms with Crippen LogP contribution in [-0.4, -0.2) is 22.7 Å². The van der Waals surface area contributed by atoms with Gasteiger partial charge in [-0.05, 0) is 25.2 Å². The average molecular weight is 194 g/mol. The van der Waals surface area contributed by atoms with E-state index in [9.17, 15) is 4.79 Å². The second-order valence-electron chi connectivity index (χ2n) is 5.15. The predicted octanol–water partition coefficient (Wildman–Crippen LogP) is 2.17. The van der Waals surface area contributed by atoms with Crippen molar-refractivity contribution >= 4 is 11.6 Å². The summed E-state index contributed by atoms with van der Waals surface area (Å²) >= 11 is 0. The number of amides is 1. The van der Waals surface area contributed by atoms with Crippen molar-refractivity contribution in [3.8, 4) is 0 Å². The molecule has 3 nitrogen and oxygen atoms in total. The van der Waals surface area contributed by atoms with Crippen LogP contribution in [0.4, 0.5) is 0 Å². The molecule has 1 fully saturated rings. The smallest absolute Gasteiger partial charge is 0.248 e. The Morgan fingerprint density at radius 3 is 2.64 bits per heavy atom. The molecule has 2 aliphatic rings. The van der Waals surface area contributed by atoms with Crippen LogP contribution >= 0.6 is 0 Å². The van der Waals surface area contributed by atoms with E-state index < -0.39 is 0 Å². The summed E-state index contributed by atoms with van der Waals surface area (Å²) < 4.78 is 0. The highest BCUT2D eigenvalue weighted by Crippen LogP contribution is 2.41. The minimum atomic E-state index is 0.183. The standard InChI is InChI=1S/C11H18N2O/c1-8-7-10(14)13(12-8)9-5-4-6-11(9,2)3/h9H,4-7H2,1-3H3. The third-order valence-electron chi connectivity index (χ3n) is 3.44. The van der Waals surface area contributed by atoms with Crippen molar-refractivity contribution in [1.29, 1.82) is 0 Å². The highest BCUT2D eigenvalue weighted by atomic mass is 16.2. The molecule has 0 saturated heterocycles. The highest BCUT2D eigenvalue weighted by Gasteiger charge is 2.42. The fraction of sp³-hybridized carbons (Fsp3) is 0.818. The molecule has 1 unspecified atom stereocenters.